The fourth-order valence-corrected chi connectivity index (χ4v) is 2.47. The van der Waals surface area contributed by atoms with Gasteiger partial charge in [0.05, 0.1) is 11.7 Å². The number of hydrogen-bond acceptors (Lipinski definition) is 2. The van der Waals surface area contributed by atoms with Crippen LogP contribution >= 0.6 is 0 Å². The Bertz CT molecular complexity index is 229. The van der Waals surface area contributed by atoms with Gasteiger partial charge in [-0.3, -0.25) is 0 Å². The van der Waals surface area contributed by atoms with Crippen molar-refractivity contribution in [2.45, 2.75) is 58.2 Å². The second-order valence-corrected chi connectivity index (χ2v) is 5.95. The number of hydrogen-bond donors (Lipinski definition) is 2. The molecule has 0 aromatic carbocycles. The van der Waals surface area contributed by atoms with Crippen molar-refractivity contribution >= 4 is 0 Å². The van der Waals surface area contributed by atoms with Crippen molar-refractivity contribution in [1.82, 2.24) is 0 Å². The molecule has 1 aliphatic rings. The standard InChI is InChI=1S/C13H24O2/c1-5-7-13(15)8-6-10(9-11(13)14)12(2,3)4/h5,10-11,14-15H,1,6-9H2,2-4H3/t10-,11-,13+/m0/s1. The second kappa shape index (κ2) is 4.26. The molecular weight excluding hydrogens is 188 g/mol. The summed E-state index contributed by atoms with van der Waals surface area (Å²) in [7, 11) is 0. The van der Waals surface area contributed by atoms with Crippen LogP contribution in [0.1, 0.15) is 46.5 Å². The first kappa shape index (κ1) is 12.7. The summed E-state index contributed by atoms with van der Waals surface area (Å²) in [5.74, 6) is 0.498. The van der Waals surface area contributed by atoms with E-state index in [4.69, 9.17) is 0 Å². The lowest BCUT2D eigenvalue weighted by Crippen LogP contribution is -2.48. The average molecular weight is 212 g/mol. The second-order valence-electron chi connectivity index (χ2n) is 5.95. The maximum atomic E-state index is 10.2. The van der Waals surface area contributed by atoms with Crippen molar-refractivity contribution < 1.29 is 10.2 Å². The minimum absolute atomic E-state index is 0.219. The molecule has 1 aliphatic carbocycles. The van der Waals surface area contributed by atoms with Gasteiger partial charge < -0.3 is 10.2 Å². The first-order valence-corrected chi connectivity index (χ1v) is 5.81. The summed E-state index contributed by atoms with van der Waals surface area (Å²) in [4.78, 5) is 0. The lowest BCUT2D eigenvalue weighted by atomic mass is 9.66. The Balaban J connectivity index is 2.66. The molecule has 88 valence electrons. The van der Waals surface area contributed by atoms with Gasteiger partial charge in [0.1, 0.15) is 0 Å². The molecule has 1 fully saturated rings. The Morgan fingerprint density at radius 2 is 2.07 bits per heavy atom. The zero-order valence-electron chi connectivity index (χ0n) is 10.2. The Morgan fingerprint density at radius 1 is 1.47 bits per heavy atom. The van der Waals surface area contributed by atoms with Crippen molar-refractivity contribution in [2.75, 3.05) is 0 Å². The van der Waals surface area contributed by atoms with Crippen LogP contribution in [0, 0.1) is 11.3 Å². The molecule has 0 unspecified atom stereocenters. The van der Waals surface area contributed by atoms with Crippen molar-refractivity contribution in [3.63, 3.8) is 0 Å². The van der Waals surface area contributed by atoms with Gasteiger partial charge in [-0.2, -0.15) is 0 Å². The molecule has 0 spiro atoms. The van der Waals surface area contributed by atoms with Crippen LogP contribution in [0.2, 0.25) is 0 Å². The molecule has 2 nitrogen and oxygen atoms in total. The molecule has 1 rings (SSSR count). The van der Waals surface area contributed by atoms with E-state index in [1.54, 1.807) is 6.08 Å². The smallest absolute Gasteiger partial charge is 0.0939 e. The van der Waals surface area contributed by atoms with Crippen LogP contribution in [0.5, 0.6) is 0 Å². The summed E-state index contributed by atoms with van der Waals surface area (Å²) in [5.41, 5.74) is -0.708. The Labute approximate surface area is 93.0 Å². The average Bonchev–Trinajstić information content (AvgIpc) is 2.08. The third-order valence-electron chi connectivity index (χ3n) is 3.78. The van der Waals surface area contributed by atoms with Gasteiger partial charge >= 0.3 is 0 Å². The van der Waals surface area contributed by atoms with Crippen LogP contribution in [0.25, 0.3) is 0 Å². The molecule has 1 saturated carbocycles. The molecule has 0 radical (unpaired) electrons. The van der Waals surface area contributed by atoms with Gasteiger partial charge in [-0.1, -0.05) is 26.8 Å². The van der Waals surface area contributed by atoms with Crippen molar-refractivity contribution in [1.29, 1.82) is 0 Å². The third kappa shape index (κ3) is 2.82. The summed E-state index contributed by atoms with van der Waals surface area (Å²) in [5, 5.41) is 20.2. The van der Waals surface area contributed by atoms with Gasteiger partial charge in [-0.05, 0) is 37.0 Å². The normalized spacial score (nSPS) is 37.7. The zero-order valence-corrected chi connectivity index (χ0v) is 10.2. The minimum Gasteiger partial charge on any atom is -0.390 e. The topological polar surface area (TPSA) is 40.5 Å². The molecule has 15 heavy (non-hydrogen) atoms. The lowest BCUT2D eigenvalue weighted by Gasteiger charge is -2.44. The number of rotatable bonds is 2. The summed E-state index contributed by atoms with van der Waals surface area (Å²) in [6.07, 6.45) is 3.96. The highest BCUT2D eigenvalue weighted by Gasteiger charge is 2.43. The van der Waals surface area contributed by atoms with Crippen molar-refractivity contribution in [3.05, 3.63) is 12.7 Å². The van der Waals surface area contributed by atoms with E-state index >= 15 is 0 Å². The van der Waals surface area contributed by atoms with Gasteiger partial charge in [-0.15, -0.1) is 6.58 Å². The maximum absolute atomic E-state index is 10.2. The summed E-state index contributed by atoms with van der Waals surface area (Å²) >= 11 is 0. The molecule has 0 aliphatic heterocycles. The number of aliphatic hydroxyl groups is 2. The lowest BCUT2D eigenvalue weighted by molar-refractivity contribution is -0.120. The van der Waals surface area contributed by atoms with Crippen molar-refractivity contribution in [3.8, 4) is 0 Å². The van der Waals surface area contributed by atoms with Gasteiger partial charge in [0.15, 0.2) is 0 Å². The summed E-state index contributed by atoms with van der Waals surface area (Å²) < 4.78 is 0. The Morgan fingerprint density at radius 3 is 2.47 bits per heavy atom. The summed E-state index contributed by atoms with van der Waals surface area (Å²) in [6.45, 7) is 10.2. The quantitative estimate of drug-likeness (QED) is 0.690. The first-order chi connectivity index (χ1) is 6.79. The monoisotopic (exact) mass is 212 g/mol. The van der Waals surface area contributed by atoms with Crippen LogP contribution in [0.15, 0.2) is 12.7 Å². The highest BCUT2D eigenvalue weighted by atomic mass is 16.3. The highest BCUT2D eigenvalue weighted by Crippen LogP contribution is 2.42. The molecule has 0 aromatic heterocycles. The van der Waals surface area contributed by atoms with E-state index < -0.39 is 11.7 Å². The van der Waals surface area contributed by atoms with Crippen LogP contribution in [0.3, 0.4) is 0 Å². The predicted molar refractivity (Wildman–Crippen MR) is 62.6 cm³/mol. The maximum Gasteiger partial charge on any atom is 0.0939 e. The van der Waals surface area contributed by atoms with E-state index in [-0.39, 0.29) is 5.41 Å². The third-order valence-corrected chi connectivity index (χ3v) is 3.78. The van der Waals surface area contributed by atoms with Gasteiger partial charge in [0.2, 0.25) is 0 Å². The van der Waals surface area contributed by atoms with E-state index in [1.165, 1.54) is 0 Å². The molecule has 2 N–H and O–H groups in total. The highest BCUT2D eigenvalue weighted by molar-refractivity contribution is 4.98. The van der Waals surface area contributed by atoms with E-state index in [0.29, 0.717) is 25.2 Å². The molecule has 0 amide bonds. The van der Waals surface area contributed by atoms with E-state index in [9.17, 15) is 10.2 Å². The fraction of sp³-hybridized carbons (Fsp3) is 0.846. The van der Waals surface area contributed by atoms with Gasteiger partial charge in [-0.25, -0.2) is 0 Å². The van der Waals surface area contributed by atoms with Crippen molar-refractivity contribution in [2.24, 2.45) is 11.3 Å². The Kier molecular flexibility index (Phi) is 3.62. The van der Waals surface area contributed by atoms with Crippen LogP contribution in [-0.2, 0) is 0 Å². The van der Waals surface area contributed by atoms with Crippen LogP contribution in [0.4, 0.5) is 0 Å². The SMILES string of the molecule is C=CC[C@@]1(O)CC[C@H](C(C)(C)C)C[C@@H]1O. The van der Waals surface area contributed by atoms with Gasteiger partial charge in [0, 0.05) is 0 Å². The molecule has 0 heterocycles. The summed E-state index contributed by atoms with van der Waals surface area (Å²) in [6, 6.07) is 0. The fourth-order valence-electron chi connectivity index (χ4n) is 2.47. The Hall–Kier alpha value is -0.340. The number of aliphatic hydroxyl groups excluding tert-OH is 1. The molecular formula is C13H24O2. The van der Waals surface area contributed by atoms with Crippen LogP contribution in [-0.4, -0.2) is 21.9 Å². The predicted octanol–water partition coefficient (Wildman–Crippen LogP) is 2.50. The zero-order chi connectivity index (χ0) is 11.7. The minimum atomic E-state index is -0.927. The molecule has 3 atom stereocenters. The molecule has 0 bridgehead atoms. The largest absolute Gasteiger partial charge is 0.390 e. The molecule has 2 heteroatoms. The first-order valence-electron chi connectivity index (χ1n) is 5.81. The van der Waals surface area contributed by atoms with E-state index in [0.717, 1.165) is 6.42 Å². The van der Waals surface area contributed by atoms with Gasteiger partial charge in [0.25, 0.3) is 0 Å². The molecule has 0 aromatic rings. The van der Waals surface area contributed by atoms with E-state index in [1.807, 2.05) is 0 Å². The van der Waals surface area contributed by atoms with E-state index in [2.05, 4.69) is 27.4 Å². The van der Waals surface area contributed by atoms with Crippen LogP contribution < -0.4 is 0 Å². The molecule has 0 saturated heterocycles.